The normalized spacial score (nSPS) is 26.1. The Kier molecular flexibility index (Phi) is 4.74. The summed E-state index contributed by atoms with van der Waals surface area (Å²) >= 11 is 0. The zero-order valence-corrected chi connectivity index (χ0v) is 10.7. The number of hydrogen-bond donors (Lipinski definition) is 1. The SMILES string of the molecule is CCOC(=O)C(C)(N)CN1CCCCC1C. The van der Waals surface area contributed by atoms with Crippen LogP contribution in [-0.4, -0.2) is 42.1 Å². The van der Waals surface area contributed by atoms with Gasteiger partial charge in [0.05, 0.1) is 6.61 Å². The first-order chi connectivity index (χ1) is 7.47. The summed E-state index contributed by atoms with van der Waals surface area (Å²) in [7, 11) is 0. The van der Waals surface area contributed by atoms with Crippen LogP contribution in [0.25, 0.3) is 0 Å². The Labute approximate surface area is 98.1 Å². The van der Waals surface area contributed by atoms with Gasteiger partial charge in [-0.05, 0) is 40.2 Å². The molecular formula is C12H24N2O2. The van der Waals surface area contributed by atoms with E-state index >= 15 is 0 Å². The Balaban J connectivity index is 2.53. The average molecular weight is 228 g/mol. The van der Waals surface area contributed by atoms with Crippen LogP contribution in [0.15, 0.2) is 0 Å². The van der Waals surface area contributed by atoms with Crippen molar-refractivity contribution in [3.8, 4) is 0 Å². The fraction of sp³-hybridized carbons (Fsp3) is 0.917. The number of nitrogens with two attached hydrogens (primary N) is 1. The van der Waals surface area contributed by atoms with Crippen LogP contribution in [0.2, 0.25) is 0 Å². The van der Waals surface area contributed by atoms with Gasteiger partial charge in [0.1, 0.15) is 5.54 Å². The Morgan fingerprint density at radius 1 is 1.56 bits per heavy atom. The Morgan fingerprint density at radius 3 is 2.81 bits per heavy atom. The summed E-state index contributed by atoms with van der Waals surface area (Å²) in [4.78, 5) is 14.0. The van der Waals surface area contributed by atoms with Gasteiger partial charge in [-0.1, -0.05) is 6.42 Å². The highest BCUT2D eigenvalue weighted by Crippen LogP contribution is 2.18. The first-order valence-electron chi connectivity index (χ1n) is 6.17. The highest BCUT2D eigenvalue weighted by atomic mass is 16.5. The summed E-state index contributed by atoms with van der Waals surface area (Å²) in [6, 6.07) is 0.519. The lowest BCUT2D eigenvalue weighted by Crippen LogP contribution is -2.57. The maximum absolute atomic E-state index is 11.7. The minimum Gasteiger partial charge on any atom is -0.465 e. The van der Waals surface area contributed by atoms with E-state index in [1.165, 1.54) is 19.3 Å². The molecule has 1 fully saturated rings. The molecule has 0 saturated carbocycles. The predicted octanol–water partition coefficient (Wildman–Crippen LogP) is 1.14. The van der Waals surface area contributed by atoms with Crippen LogP contribution >= 0.6 is 0 Å². The molecule has 4 nitrogen and oxygen atoms in total. The van der Waals surface area contributed by atoms with E-state index in [4.69, 9.17) is 10.5 Å². The fourth-order valence-corrected chi connectivity index (χ4v) is 2.17. The molecule has 0 aromatic heterocycles. The van der Waals surface area contributed by atoms with Crippen LogP contribution in [0, 0.1) is 0 Å². The Bertz CT molecular complexity index is 241. The summed E-state index contributed by atoms with van der Waals surface area (Å²) < 4.78 is 4.99. The standard InChI is InChI=1S/C12H24N2O2/c1-4-16-11(15)12(3,13)9-14-8-6-5-7-10(14)2/h10H,4-9,13H2,1-3H3. The van der Waals surface area contributed by atoms with Gasteiger partial charge in [-0.15, -0.1) is 0 Å². The number of likely N-dealkylation sites (tertiary alicyclic amines) is 1. The van der Waals surface area contributed by atoms with Gasteiger partial charge in [0.25, 0.3) is 0 Å². The number of hydrogen-bond acceptors (Lipinski definition) is 4. The lowest BCUT2D eigenvalue weighted by molar-refractivity contribution is -0.150. The zero-order chi connectivity index (χ0) is 12.2. The largest absolute Gasteiger partial charge is 0.465 e. The van der Waals surface area contributed by atoms with E-state index in [2.05, 4.69) is 11.8 Å². The van der Waals surface area contributed by atoms with Crippen molar-refractivity contribution >= 4 is 5.97 Å². The lowest BCUT2D eigenvalue weighted by atomic mass is 9.98. The van der Waals surface area contributed by atoms with Gasteiger partial charge < -0.3 is 10.5 Å². The fourth-order valence-electron chi connectivity index (χ4n) is 2.17. The summed E-state index contributed by atoms with van der Waals surface area (Å²) in [6.45, 7) is 7.77. The van der Waals surface area contributed by atoms with Crippen LogP contribution in [0.5, 0.6) is 0 Å². The number of rotatable bonds is 4. The second-order valence-electron chi connectivity index (χ2n) is 4.95. The quantitative estimate of drug-likeness (QED) is 0.733. The van der Waals surface area contributed by atoms with Crippen LogP contribution in [-0.2, 0) is 9.53 Å². The molecule has 0 radical (unpaired) electrons. The molecule has 94 valence electrons. The Morgan fingerprint density at radius 2 is 2.25 bits per heavy atom. The molecule has 2 unspecified atom stereocenters. The van der Waals surface area contributed by atoms with Gasteiger partial charge >= 0.3 is 5.97 Å². The van der Waals surface area contributed by atoms with Crippen LogP contribution in [0.3, 0.4) is 0 Å². The summed E-state index contributed by atoms with van der Waals surface area (Å²) in [5.74, 6) is -0.298. The van der Waals surface area contributed by atoms with Crippen molar-refractivity contribution in [1.29, 1.82) is 0 Å². The third kappa shape index (κ3) is 3.46. The van der Waals surface area contributed by atoms with Crippen molar-refractivity contribution in [2.75, 3.05) is 19.7 Å². The molecule has 1 aliphatic rings. The molecule has 0 spiro atoms. The molecule has 0 amide bonds. The minimum absolute atomic E-state index is 0.298. The van der Waals surface area contributed by atoms with Crippen molar-refractivity contribution in [2.24, 2.45) is 5.73 Å². The van der Waals surface area contributed by atoms with Crippen molar-refractivity contribution < 1.29 is 9.53 Å². The third-order valence-electron chi connectivity index (χ3n) is 3.21. The molecule has 2 atom stereocenters. The molecule has 2 N–H and O–H groups in total. The number of nitrogens with zero attached hydrogens (tertiary/aromatic N) is 1. The van der Waals surface area contributed by atoms with E-state index in [0.717, 1.165) is 6.54 Å². The highest BCUT2D eigenvalue weighted by molar-refractivity contribution is 5.80. The molecule has 4 heteroatoms. The minimum atomic E-state index is -0.887. The molecule has 0 bridgehead atoms. The molecule has 0 aromatic carbocycles. The molecule has 0 aliphatic carbocycles. The van der Waals surface area contributed by atoms with Crippen LogP contribution < -0.4 is 5.73 Å². The number of carbonyl (C=O) groups is 1. The van der Waals surface area contributed by atoms with Gasteiger partial charge in [-0.25, -0.2) is 0 Å². The number of piperidine rings is 1. The van der Waals surface area contributed by atoms with Gasteiger partial charge in [0.2, 0.25) is 0 Å². The lowest BCUT2D eigenvalue weighted by Gasteiger charge is -2.37. The molecular weight excluding hydrogens is 204 g/mol. The van der Waals surface area contributed by atoms with Gasteiger partial charge in [0, 0.05) is 12.6 Å². The monoisotopic (exact) mass is 228 g/mol. The maximum Gasteiger partial charge on any atom is 0.327 e. The number of carbonyl (C=O) groups excluding carboxylic acids is 1. The smallest absolute Gasteiger partial charge is 0.327 e. The van der Waals surface area contributed by atoms with Crippen molar-refractivity contribution in [3.05, 3.63) is 0 Å². The topological polar surface area (TPSA) is 55.6 Å². The van der Waals surface area contributed by atoms with E-state index in [9.17, 15) is 4.79 Å². The molecule has 1 heterocycles. The molecule has 1 aliphatic heterocycles. The van der Waals surface area contributed by atoms with Gasteiger partial charge in [0.15, 0.2) is 0 Å². The van der Waals surface area contributed by atoms with Crippen molar-refractivity contribution in [3.63, 3.8) is 0 Å². The zero-order valence-electron chi connectivity index (χ0n) is 10.7. The molecule has 0 aromatic rings. The second kappa shape index (κ2) is 5.64. The maximum atomic E-state index is 11.7. The van der Waals surface area contributed by atoms with E-state index in [0.29, 0.717) is 19.2 Å². The summed E-state index contributed by atoms with van der Waals surface area (Å²) in [6.07, 6.45) is 3.67. The summed E-state index contributed by atoms with van der Waals surface area (Å²) in [5, 5.41) is 0. The molecule has 16 heavy (non-hydrogen) atoms. The predicted molar refractivity (Wildman–Crippen MR) is 64.1 cm³/mol. The van der Waals surface area contributed by atoms with Gasteiger partial charge in [-0.3, -0.25) is 9.69 Å². The first-order valence-corrected chi connectivity index (χ1v) is 6.17. The highest BCUT2D eigenvalue weighted by Gasteiger charge is 2.34. The number of ether oxygens (including phenoxy) is 1. The van der Waals surface area contributed by atoms with Crippen molar-refractivity contribution in [1.82, 2.24) is 4.90 Å². The Hall–Kier alpha value is -0.610. The van der Waals surface area contributed by atoms with E-state index in [1.807, 2.05) is 0 Å². The number of esters is 1. The van der Waals surface area contributed by atoms with Crippen LogP contribution in [0.4, 0.5) is 0 Å². The second-order valence-corrected chi connectivity index (χ2v) is 4.95. The van der Waals surface area contributed by atoms with E-state index in [-0.39, 0.29) is 5.97 Å². The molecule has 1 rings (SSSR count). The van der Waals surface area contributed by atoms with Gasteiger partial charge in [-0.2, -0.15) is 0 Å². The van der Waals surface area contributed by atoms with E-state index < -0.39 is 5.54 Å². The van der Waals surface area contributed by atoms with Crippen LogP contribution in [0.1, 0.15) is 40.0 Å². The van der Waals surface area contributed by atoms with E-state index in [1.54, 1.807) is 13.8 Å². The average Bonchev–Trinajstić information content (AvgIpc) is 2.21. The van der Waals surface area contributed by atoms with Crippen molar-refractivity contribution in [2.45, 2.75) is 51.6 Å². The third-order valence-corrected chi connectivity index (χ3v) is 3.21. The first kappa shape index (κ1) is 13.5. The molecule has 1 saturated heterocycles. The summed E-state index contributed by atoms with van der Waals surface area (Å²) in [5.41, 5.74) is 5.14.